The minimum Gasteiger partial charge on any atom is -0.352 e. The predicted molar refractivity (Wildman–Crippen MR) is 65.6 cm³/mol. The number of rotatable bonds is 5. The Morgan fingerprint density at radius 2 is 2.50 bits per heavy atom. The maximum absolute atomic E-state index is 4.33. The monoisotopic (exact) mass is 220 g/mol. The van der Waals surface area contributed by atoms with Crippen LogP contribution < -0.4 is 10.2 Å². The summed E-state index contributed by atoms with van der Waals surface area (Å²) in [5.74, 6) is 1.07. The second-order valence-corrected chi connectivity index (χ2v) is 4.26. The van der Waals surface area contributed by atoms with Crippen molar-refractivity contribution in [2.45, 2.75) is 32.2 Å². The van der Waals surface area contributed by atoms with Crippen LogP contribution in [0.15, 0.2) is 18.6 Å². The fourth-order valence-electron chi connectivity index (χ4n) is 2.25. The van der Waals surface area contributed by atoms with Gasteiger partial charge < -0.3 is 10.2 Å². The summed E-state index contributed by atoms with van der Waals surface area (Å²) in [6.45, 7) is 5.49. The van der Waals surface area contributed by atoms with E-state index in [2.05, 4.69) is 27.1 Å². The van der Waals surface area contributed by atoms with E-state index in [0.717, 1.165) is 25.5 Å². The van der Waals surface area contributed by atoms with Gasteiger partial charge in [0.2, 0.25) is 0 Å². The zero-order chi connectivity index (χ0) is 11.2. The summed E-state index contributed by atoms with van der Waals surface area (Å²) in [7, 11) is 0. The molecule has 1 saturated heterocycles. The van der Waals surface area contributed by atoms with Crippen LogP contribution in [0.2, 0.25) is 0 Å². The van der Waals surface area contributed by atoms with Gasteiger partial charge in [-0.25, -0.2) is 9.97 Å². The van der Waals surface area contributed by atoms with Crippen molar-refractivity contribution in [1.29, 1.82) is 0 Å². The first-order valence-electron chi connectivity index (χ1n) is 6.15. The minimum atomic E-state index is 0.599. The molecule has 2 heterocycles. The topological polar surface area (TPSA) is 41.0 Å². The number of nitrogens with zero attached hydrogens (tertiary/aromatic N) is 3. The zero-order valence-electron chi connectivity index (χ0n) is 9.89. The molecule has 16 heavy (non-hydrogen) atoms. The lowest BCUT2D eigenvalue weighted by atomic mass is 10.2. The van der Waals surface area contributed by atoms with Crippen LogP contribution in [-0.2, 0) is 0 Å². The summed E-state index contributed by atoms with van der Waals surface area (Å²) < 4.78 is 0. The van der Waals surface area contributed by atoms with Crippen molar-refractivity contribution in [3.8, 4) is 0 Å². The molecule has 1 aliphatic heterocycles. The molecule has 0 bridgehead atoms. The molecule has 1 atom stereocenters. The molecule has 0 aromatic carbocycles. The Balaban J connectivity index is 1.93. The quantitative estimate of drug-likeness (QED) is 0.762. The Morgan fingerprint density at radius 3 is 3.25 bits per heavy atom. The largest absolute Gasteiger partial charge is 0.352 e. The molecular formula is C12H20N4. The van der Waals surface area contributed by atoms with Crippen LogP contribution in [0, 0.1) is 0 Å². The summed E-state index contributed by atoms with van der Waals surface area (Å²) >= 11 is 0. The Bertz CT molecular complexity index is 301. The molecule has 1 unspecified atom stereocenters. The molecule has 2 rings (SSSR count). The molecule has 0 spiro atoms. The maximum atomic E-state index is 4.33. The van der Waals surface area contributed by atoms with Crippen molar-refractivity contribution in [3.63, 3.8) is 0 Å². The highest BCUT2D eigenvalue weighted by Crippen LogP contribution is 2.22. The van der Waals surface area contributed by atoms with E-state index in [1.165, 1.54) is 19.3 Å². The van der Waals surface area contributed by atoms with Crippen molar-refractivity contribution in [3.05, 3.63) is 18.6 Å². The lowest BCUT2D eigenvalue weighted by molar-refractivity contribution is 0.568. The van der Waals surface area contributed by atoms with Crippen LogP contribution in [0.5, 0.6) is 0 Å². The van der Waals surface area contributed by atoms with E-state index in [0.29, 0.717) is 6.04 Å². The normalized spacial score (nSPS) is 20.3. The lowest BCUT2D eigenvalue weighted by Gasteiger charge is -2.25. The second kappa shape index (κ2) is 5.80. The van der Waals surface area contributed by atoms with Crippen LogP contribution in [0.3, 0.4) is 0 Å². The first-order chi connectivity index (χ1) is 7.92. The van der Waals surface area contributed by atoms with Crippen molar-refractivity contribution in [2.24, 2.45) is 0 Å². The highest BCUT2D eigenvalue weighted by molar-refractivity contribution is 5.39. The van der Waals surface area contributed by atoms with Crippen LogP contribution in [0.25, 0.3) is 0 Å². The third-order valence-corrected chi connectivity index (χ3v) is 3.04. The van der Waals surface area contributed by atoms with E-state index in [1.54, 1.807) is 6.33 Å². The maximum Gasteiger partial charge on any atom is 0.132 e. The van der Waals surface area contributed by atoms with Gasteiger partial charge in [-0.2, -0.15) is 0 Å². The highest BCUT2D eigenvalue weighted by atomic mass is 15.2. The predicted octanol–water partition coefficient (Wildman–Crippen LogP) is 1.44. The molecule has 0 aliphatic carbocycles. The molecule has 0 radical (unpaired) electrons. The third-order valence-electron chi connectivity index (χ3n) is 3.04. The van der Waals surface area contributed by atoms with Crippen molar-refractivity contribution >= 4 is 5.82 Å². The molecule has 1 aromatic heterocycles. The average molecular weight is 220 g/mol. The average Bonchev–Trinajstić information content (AvgIpc) is 2.79. The van der Waals surface area contributed by atoms with Crippen LogP contribution in [0.4, 0.5) is 5.82 Å². The molecule has 0 amide bonds. The molecule has 0 saturated carbocycles. The van der Waals surface area contributed by atoms with Gasteiger partial charge in [0.25, 0.3) is 0 Å². The van der Waals surface area contributed by atoms with Crippen molar-refractivity contribution in [1.82, 2.24) is 15.3 Å². The Morgan fingerprint density at radius 1 is 1.56 bits per heavy atom. The molecule has 88 valence electrons. The molecule has 1 N–H and O–H groups in total. The Labute approximate surface area is 97.1 Å². The second-order valence-electron chi connectivity index (χ2n) is 4.26. The van der Waals surface area contributed by atoms with Gasteiger partial charge in [-0.15, -0.1) is 0 Å². The SMILES string of the molecule is CCCNCC1CCCN1c1ccncn1. The van der Waals surface area contributed by atoms with Crippen LogP contribution >= 0.6 is 0 Å². The fourth-order valence-corrected chi connectivity index (χ4v) is 2.25. The van der Waals surface area contributed by atoms with Gasteiger partial charge in [-0.05, 0) is 31.9 Å². The van der Waals surface area contributed by atoms with Crippen LogP contribution in [-0.4, -0.2) is 35.6 Å². The molecule has 4 heteroatoms. The number of hydrogen-bond acceptors (Lipinski definition) is 4. The van der Waals surface area contributed by atoms with Gasteiger partial charge in [-0.3, -0.25) is 0 Å². The number of aromatic nitrogens is 2. The minimum absolute atomic E-state index is 0.599. The van der Waals surface area contributed by atoms with Gasteiger partial charge in [0, 0.05) is 25.3 Å². The van der Waals surface area contributed by atoms with Gasteiger partial charge in [-0.1, -0.05) is 6.92 Å². The van der Waals surface area contributed by atoms with Gasteiger partial charge in [0.15, 0.2) is 0 Å². The van der Waals surface area contributed by atoms with Crippen molar-refractivity contribution in [2.75, 3.05) is 24.5 Å². The highest BCUT2D eigenvalue weighted by Gasteiger charge is 2.24. The molecular weight excluding hydrogens is 200 g/mol. The smallest absolute Gasteiger partial charge is 0.132 e. The lowest BCUT2D eigenvalue weighted by Crippen LogP contribution is -2.38. The van der Waals surface area contributed by atoms with E-state index in [4.69, 9.17) is 0 Å². The Kier molecular flexibility index (Phi) is 4.10. The molecule has 4 nitrogen and oxygen atoms in total. The van der Waals surface area contributed by atoms with Gasteiger partial charge in [0.05, 0.1) is 0 Å². The van der Waals surface area contributed by atoms with E-state index < -0.39 is 0 Å². The van der Waals surface area contributed by atoms with E-state index in [1.807, 2.05) is 12.3 Å². The third kappa shape index (κ3) is 2.70. The summed E-state index contributed by atoms with van der Waals surface area (Å²) in [4.78, 5) is 10.7. The zero-order valence-corrected chi connectivity index (χ0v) is 9.89. The first kappa shape index (κ1) is 11.3. The summed E-state index contributed by atoms with van der Waals surface area (Å²) in [5.41, 5.74) is 0. The standard InChI is InChI=1S/C12H20N4/c1-2-6-13-9-11-4-3-8-16(11)12-5-7-14-10-15-12/h5,7,10-11,13H,2-4,6,8-9H2,1H3. The number of nitrogens with one attached hydrogen (secondary N) is 1. The van der Waals surface area contributed by atoms with E-state index in [9.17, 15) is 0 Å². The number of anilines is 1. The van der Waals surface area contributed by atoms with Gasteiger partial charge in [0.1, 0.15) is 12.1 Å². The summed E-state index contributed by atoms with van der Waals surface area (Å²) in [6, 6.07) is 2.60. The fraction of sp³-hybridized carbons (Fsp3) is 0.667. The number of hydrogen-bond donors (Lipinski definition) is 1. The molecule has 1 aromatic rings. The van der Waals surface area contributed by atoms with E-state index in [-0.39, 0.29) is 0 Å². The first-order valence-corrected chi connectivity index (χ1v) is 6.15. The van der Waals surface area contributed by atoms with E-state index >= 15 is 0 Å². The molecule has 1 aliphatic rings. The van der Waals surface area contributed by atoms with Crippen LogP contribution in [0.1, 0.15) is 26.2 Å². The summed E-state index contributed by atoms with van der Waals surface area (Å²) in [6.07, 6.45) is 7.17. The molecule has 1 fully saturated rings. The van der Waals surface area contributed by atoms with Gasteiger partial charge >= 0.3 is 0 Å². The summed E-state index contributed by atoms with van der Waals surface area (Å²) in [5, 5.41) is 3.49. The van der Waals surface area contributed by atoms with Crippen molar-refractivity contribution < 1.29 is 0 Å². The Hall–Kier alpha value is -1.16.